The number of aliphatic hydroxyl groups is 1. The Balaban J connectivity index is 0.000000199. The summed E-state index contributed by atoms with van der Waals surface area (Å²) in [5.41, 5.74) is 14.1. The molecule has 0 radical (unpaired) electrons. The fraction of sp³-hybridized carbons (Fsp3) is 0.297. The van der Waals surface area contributed by atoms with E-state index < -0.39 is 13.5 Å². The average Bonchev–Trinajstić information content (AvgIpc) is 3.37. The van der Waals surface area contributed by atoms with Crippen molar-refractivity contribution in [3.05, 3.63) is 118 Å². The van der Waals surface area contributed by atoms with Gasteiger partial charge in [-0.15, -0.1) is 0 Å². The molecule has 0 amide bonds. The number of halogens is 2. The number of anilines is 2. The van der Waals surface area contributed by atoms with Gasteiger partial charge in [0.2, 0.25) is 0 Å². The minimum absolute atomic E-state index is 0.221. The van der Waals surface area contributed by atoms with Crippen molar-refractivity contribution in [3.63, 3.8) is 0 Å². The van der Waals surface area contributed by atoms with Crippen LogP contribution in [0.5, 0.6) is 5.75 Å². The summed E-state index contributed by atoms with van der Waals surface area (Å²) in [6.45, 7) is 21.7. The number of aromatic hydroxyl groups is 1. The van der Waals surface area contributed by atoms with Gasteiger partial charge in [-0.05, 0) is 63.8 Å². The normalized spacial score (nSPS) is 13.1. The molecule has 0 aromatic heterocycles. The molecule has 5 rings (SSSR count). The quantitative estimate of drug-likeness (QED) is 0.113. The molecular weight excluding hydrogens is 660 g/mol. The first-order valence-electron chi connectivity index (χ1n) is 14.7. The number of hydrogen-bond donors (Lipinski definition) is 0. The Kier molecular flexibility index (Phi) is 11.5. The van der Waals surface area contributed by atoms with Gasteiger partial charge in [0.25, 0.3) is 0 Å². The van der Waals surface area contributed by atoms with Crippen LogP contribution in [-0.2, 0) is 13.5 Å². The fourth-order valence-electron chi connectivity index (χ4n) is 6.07. The smallest absolute Gasteiger partial charge is 0.0146 e. The molecule has 1 saturated heterocycles. The van der Waals surface area contributed by atoms with Gasteiger partial charge in [0.1, 0.15) is 0 Å². The second-order valence-corrected chi connectivity index (χ2v) is 17.4. The molecule has 4 aromatic rings. The predicted molar refractivity (Wildman–Crippen MR) is 186 cm³/mol. The van der Waals surface area contributed by atoms with Gasteiger partial charge in [-0.25, -0.2) is 0 Å². The van der Waals surface area contributed by atoms with Crippen molar-refractivity contribution >= 4 is 35.4 Å². The van der Waals surface area contributed by atoms with Crippen LogP contribution in [0.25, 0.3) is 11.1 Å². The molecule has 1 fully saturated rings. The van der Waals surface area contributed by atoms with Crippen LogP contribution in [-0.4, -0.2) is 28.5 Å². The van der Waals surface area contributed by atoms with Crippen LogP contribution in [0.3, 0.4) is 0 Å². The van der Waals surface area contributed by atoms with Crippen molar-refractivity contribution < 1.29 is 18.3 Å². The van der Waals surface area contributed by atoms with Crippen molar-refractivity contribution in [3.8, 4) is 16.9 Å². The zero-order valence-corrected chi connectivity index (χ0v) is 29.8. The monoisotopic (exact) mass is 704 g/mol. The Morgan fingerprint density at radius 1 is 0.721 bits per heavy atom. The molecule has 3 nitrogen and oxygen atoms in total. The standard InChI is InChI=1S/C21H27N2.C16H16O.2ClH.Ru/c1-14-9-16(3)20(17(4)10-14)22-7-8-23(13-22)21-18(5)11-15(2)12-19(21)6;1-12(2)17-16-13(3)8-7-11-15(16)14-9-5-4-6-10-14;;;/h9-13H,7-8H2,1-6H3;3-12H,1-2H3;2*1H;/q-1;;;;+2/p-1. The van der Waals surface area contributed by atoms with Crippen LogP contribution in [0.2, 0.25) is 0 Å². The molecule has 0 aliphatic carbocycles. The largest absolute Gasteiger partial charge is 0.502 e. The van der Waals surface area contributed by atoms with E-state index in [9.17, 15) is 0 Å². The summed E-state index contributed by atoms with van der Waals surface area (Å²) in [5.74, 6) is 0.980. The fourth-order valence-corrected chi connectivity index (χ4v) is 7.87. The Bertz CT molecular complexity index is 1490. The topological polar surface area (TPSA) is 19.3 Å². The molecule has 0 atom stereocenters. The van der Waals surface area contributed by atoms with Crippen LogP contribution in [0.15, 0.2) is 72.8 Å². The van der Waals surface area contributed by atoms with E-state index in [1.54, 1.807) is 0 Å². The van der Waals surface area contributed by atoms with E-state index in [-0.39, 0.29) is 6.10 Å². The molecule has 0 bridgehead atoms. The van der Waals surface area contributed by atoms with Crippen LogP contribution < -0.4 is 9.80 Å². The summed E-state index contributed by atoms with van der Waals surface area (Å²) in [6.07, 6.45) is 0.221. The van der Waals surface area contributed by atoms with Crippen molar-refractivity contribution in [2.75, 3.05) is 22.9 Å². The second kappa shape index (κ2) is 14.9. The maximum Gasteiger partial charge on any atom is 0.0146 e. The zero-order chi connectivity index (χ0) is 31.3. The Morgan fingerprint density at radius 3 is 1.65 bits per heavy atom. The maximum atomic E-state index is 6.03. The molecule has 1 heterocycles. The van der Waals surface area contributed by atoms with Crippen LogP contribution in [0.1, 0.15) is 52.8 Å². The first-order chi connectivity index (χ1) is 20.4. The van der Waals surface area contributed by atoms with Crippen molar-refractivity contribution in [2.45, 2.75) is 61.5 Å². The number of aryl methyl sites for hydroxylation is 6. The molecule has 4 aromatic carbocycles. The number of nitrogens with zero attached hydrogens (tertiary/aromatic N) is 2. The molecule has 230 valence electrons. The second-order valence-electron chi connectivity index (χ2n) is 11.6. The summed E-state index contributed by atoms with van der Waals surface area (Å²) in [4.78, 5) is 4.81. The SMILES string of the molecule is CC(C)[OH+]c1c([CH]=[Ru]([Cl])[Cl])cccc1-c1ccccc1.Cc1cc(C)c(N2[CH-]N(c3c(C)cc(C)cc3C)CC2)c(C)c1. The van der Waals surface area contributed by atoms with Gasteiger partial charge < -0.3 is 9.80 Å². The van der Waals surface area contributed by atoms with E-state index in [0.717, 1.165) is 35.5 Å². The summed E-state index contributed by atoms with van der Waals surface area (Å²) in [5, 5.41) is 0. The number of hydrogen-bond acceptors (Lipinski definition) is 2. The third-order valence-electron chi connectivity index (χ3n) is 7.43. The van der Waals surface area contributed by atoms with Gasteiger partial charge in [0, 0.05) is 24.5 Å². The summed E-state index contributed by atoms with van der Waals surface area (Å²) in [6, 6.07) is 25.5. The molecule has 1 aliphatic rings. The third kappa shape index (κ3) is 8.50. The van der Waals surface area contributed by atoms with Gasteiger partial charge in [0.15, 0.2) is 0 Å². The molecule has 6 heteroatoms. The molecule has 0 saturated carbocycles. The van der Waals surface area contributed by atoms with Crippen LogP contribution >= 0.6 is 19.4 Å². The van der Waals surface area contributed by atoms with E-state index in [1.807, 2.05) is 34.9 Å². The van der Waals surface area contributed by atoms with Crippen LogP contribution in [0, 0.1) is 48.2 Å². The first kappa shape index (κ1) is 33.3. The molecule has 0 unspecified atom stereocenters. The minimum Gasteiger partial charge on any atom is -0.502 e. The van der Waals surface area contributed by atoms with E-state index in [4.69, 9.17) is 24.1 Å². The summed E-state index contributed by atoms with van der Waals surface area (Å²) >= 11 is -1.87. The van der Waals surface area contributed by atoms with E-state index in [2.05, 4.69) is 114 Å². The summed E-state index contributed by atoms with van der Waals surface area (Å²) < 4.78 is 6.72. The number of para-hydroxylation sites is 1. The van der Waals surface area contributed by atoms with Crippen molar-refractivity contribution in [1.82, 2.24) is 0 Å². The Hall–Kier alpha value is -2.65. The number of ether oxygens (including phenoxy) is 1. The minimum atomic E-state index is -1.87. The van der Waals surface area contributed by atoms with E-state index >= 15 is 0 Å². The van der Waals surface area contributed by atoms with Gasteiger partial charge in [-0.1, -0.05) is 35.4 Å². The van der Waals surface area contributed by atoms with Gasteiger partial charge in [-0.3, -0.25) is 0 Å². The van der Waals surface area contributed by atoms with Crippen molar-refractivity contribution in [1.29, 1.82) is 0 Å². The molecular formula is C37H44Cl2N2ORu. The third-order valence-corrected chi connectivity index (χ3v) is 9.26. The number of benzene rings is 4. The number of rotatable bonds is 6. The Labute approximate surface area is 271 Å². The molecule has 1 N–H and O–H groups in total. The molecule has 43 heavy (non-hydrogen) atoms. The maximum absolute atomic E-state index is 6.03. The van der Waals surface area contributed by atoms with Gasteiger partial charge in [0.05, 0.1) is 0 Å². The van der Waals surface area contributed by atoms with E-state index in [1.165, 1.54) is 44.8 Å². The van der Waals surface area contributed by atoms with Crippen LogP contribution in [0.4, 0.5) is 11.4 Å². The predicted octanol–water partition coefficient (Wildman–Crippen LogP) is 10.1. The Morgan fingerprint density at radius 2 is 1.21 bits per heavy atom. The van der Waals surface area contributed by atoms with Crippen molar-refractivity contribution in [2.24, 2.45) is 0 Å². The van der Waals surface area contributed by atoms with E-state index in [0.29, 0.717) is 0 Å². The summed E-state index contributed by atoms with van der Waals surface area (Å²) in [7, 11) is 12.1. The van der Waals surface area contributed by atoms with Gasteiger partial charge >= 0.3 is 133 Å². The zero-order valence-electron chi connectivity index (χ0n) is 26.5. The van der Waals surface area contributed by atoms with Gasteiger partial charge in [-0.2, -0.15) is 6.67 Å². The average molecular weight is 705 g/mol. The molecule has 0 spiro atoms. The first-order valence-corrected chi connectivity index (χ1v) is 20.2. The molecule has 1 aliphatic heterocycles.